The predicted octanol–water partition coefficient (Wildman–Crippen LogP) is 4.64. The molecule has 1 rings (SSSR count). The molecule has 0 fully saturated rings. The second kappa shape index (κ2) is 4.19. The number of rotatable bonds is 1. The summed E-state index contributed by atoms with van der Waals surface area (Å²) >= 11 is -1.69. The molecule has 14 heavy (non-hydrogen) atoms. The fourth-order valence-corrected chi connectivity index (χ4v) is 6.94. The molecule has 82 valence electrons. The van der Waals surface area contributed by atoms with E-state index >= 15 is 0 Å². The molecule has 0 amide bonds. The summed E-state index contributed by atoms with van der Waals surface area (Å²) in [5.74, 6) is 0.917. The molecule has 0 bridgehead atoms. The Bertz CT molecular complexity index is 225. The van der Waals surface area contributed by atoms with E-state index in [1.165, 1.54) is 19.3 Å². The first-order valence-electron chi connectivity index (χ1n) is 5.91. The van der Waals surface area contributed by atoms with Crippen molar-refractivity contribution in [3.05, 3.63) is 9.67 Å². The molecule has 0 aromatic carbocycles. The molecule has 0 saturated heterocycles. The Morgan fingerprint density at radius 1 is 1.21 bits per heavy atom. The Kier molecular flexibility index (Phi) is 3.77. The van der Waals surface area contributed by atoms with Crippen LogP contribution in [-0.2, 0) is 0 Å². The van der Waals surface area contributed by atoms with Gasteiger partial charge in [-0.1, -0.05) is 0 Å². The van der Waals surface area contributed by atoms with E-state index in [0.29, 0.717) is 5.41 Å². The summed E-state index contributed by atoms with van der Waals surface area (Å²) in [5, 5.41) is 0. The molecule has 0 aromatic rings. The quantitative estimate of drug-likeness (QED) is 0.619. The van der Waals surface area contributed by atoms with Crippen molar-refractivity contribution in [3.63, 3.8) is 0 Å². The summed E-state index contributed by atoms with van der Waals surface area (Å²) < 4.78 is 1.87. The zero-order valence-corrected chi connectivity index (χ0v) is 13.6. The van der Waals surface area contributed by atoms with Crippen molar-refractivity contribution in [3.8, 4) is 0 Å². The molecule has 0 saturated carbocycles. The van der Waals surface area contributed by atoms with Crippen LogP contribution in [-0.4, -0.2) is 18.4 Å². The molecule has 1 heteroatoms. The molecule has 1 atom stereocenters. The van der Waals surface area contributed by atoms with E-state index in [0.717, 1.165) is 5.92 Å². The van der Waals surface area contributed by atoms with Gasteiger partial charge in [0.2, 0.25) is 0 Å². The molecule has 0 N–H and O–H groups in total. The van der Waals surface area contributed by atoms with Crippen LogP contribution in [0, 0.1) is 11.3 Å². The SMILES string of the molecule is CC(C)(C)C1CC=[C]([Sn]([CH3])([CH3])[CH3])CC1. The van der Waals surface area contributed by atoms with Crippen LogP contribution in [0.4, 0.5) is 0 Å². The van der Waals surface area contributed by atoms with Crippen molar-refractivity contribution in [1.82, 2.24) is 0 Å². The average molecular weight is 301 g/mol. The van der Waals surface area contributed by atoms with Crippen LogP contribution in [0.5, 0.6) is 0 Å². The summed E-state index contributed by atoms with van der Waals surface area (Å²) in [6, 6.07) is 0. The van der Waals surface area contributed by atoms with Crippen LogP contribution in [0.15, 0.2) is 9.67 Å². The molecule has 1 aliphatic carbocycles. The first-order chi connectivity index (χ1) is 6.21. The normalized spacial score (nSPS) is 24.7. The molecule has 1 unspecified atom stereocenters. The topological polar surface area (TPSA) is 0 Å². The average Bonchev–Trinajstić information content (AvgIpc) is 2.01. The number of hydrogen-bond acceptors (Lipinski definition) is 0. The van der Waals surface area contributed by atoms with E-state index in [2.05, 4.69) is 41.7 Å². The number of allylic oxidation sites excluding steroid dienone is 2. The van der Waals surface area contributed by atoms with Gasteiger partial charge in [0.05, 0.1) is 0 Å². The van der Waals surface area contributed by atoms with E-state index < -0.39 is 18.4 Å². The van der Waals surface area contributed by atoms with Crippen molar-refractivity contribution in [1.29, 1.82) is 0 Å². The third-order valence-corrected chi connectivity index (χ3v) is 10.4. The summed E-state index contributed by atoms with van der Waals surface area (Å²) in [6.07, 6.45) is 6.77. The fraction of sp³-hybridized carbons (Fsp3) is 0.846. The Labute approximate surface area is 94.0 Å². The van der Waals surface area contributed by atoms with Gasteiger partial charge in [-0.3, -0.25) is 0 Å². The number of hydrogen-bond donors (Lipinski definition) is 0. The standard InChI is InChI=1S/C10H17.3CH3.Sn/c1-10(2,3)9-7-5-4-6-8-9;;;;/h5,9H,6-8H2,1-3H3;3*1H3;. The monoisotopic (exact) mass is 302 g/mol. The fourth-order valence-electron chi connectivity index (χ4n) is 2.30. The van der Waals surface area contributed by atoms with E-state index in [1.807, 2.05) is 3.59 Å². The van der Waals surface area contributed by atoms with Gasteiger partial charge in [0, 0.05) is 0 Å². The van der Waals surface area contributed by atoms with Gasteiger partial charge in [0.25, 0.3) is 0 Å². The maximum absolute atomic E-state index is 2.59. The van der Waals surface area contributed by atoms with Gasteiger partial charge in [-0.2, -0.15) is 0 Å². The van der Waals surface area contributed by atoms with Gasteiger partial charge in [0.15, 0.2) is 0 Å². The van der Waals surface area contributed by atoms with Crippen molar-refractivity contribution in [2.24, 2.45) is 11.3 Å². The van der Waals surface area contributed by atoms with Gasteiger partial charge in [0.1, 0.15) is 0 Å². The minimum absolute atomic E-state index is 0.509. The molecule has 0 radical (unpaired) electrons. The van der Waals surface area contributed by atoms with Crippen LogP contribution in [0.1, 0.15) is 40.0 Å². The maximum atomic E-state index is 2.59. The second-order valence-corrected chi connectivity index (χ2v) is 21.5. The van der Waals surface area contributed by atoms with Gasteiger partial charge in [-0.05, 0) is 0 Å². The predicted molar refractivity (Wildman–Crippen MR) is 68.2 cm³/mol. The van der Waals surface area contributed by atoms with Crippen LogP contribution in [0.3, 0.4) is 0 Å². The molecule has 0 aromatic heterocycles. The van der Waals surface area contributed by atoms with E-state index in [9.17, 15) is 0 Å². The third kappa shape index (κ3) is 3.29. The molecule has 0 heterocycles. The molecule has 1 aliphatic rings. The minimum atomic E-state index is -1.69. The van der Waals surface area contributed by atoms with Crippen molar-refractivity contribution in [2.75, 3.05) is 0 Å². The van der Waals surface area contributed by atoms with E-state index in [-0.39, 0.29) is 0 Å². The Balaban J connectivity index is 2.65. The molecule has 0 aliphatic heterocycles. The molecular weight excluding hydrogens is 275 g/mol. The van der Waals surface area contributed by atoms with Gasteiger partial charge >= 0.3 is 94.2 Å². The van der Waals surface area contributed by atoms with E-state index in [4.69, 9.17) is 0 Å². The van der Waals surface area contributed by atoms with Gasteiger partial charge in [-0.15, -0.1) is 0 Å². The Morgan fingerprint density at radius 2 is 1.79 bits per heavy atom. The van der Waals surface area contributed by atoms with Crippen molar-refractivity contribution >= 4 is 18.4 Å². The van der Waals surface area contributed by atoms with Crippen molar-refractivity contribution < 1.29 is 0 Å². The van der Waals surface area contributed by atoms with Crippen LogP contribution in [0.2, 0.25) is 14.8 Å². The van der Waals surface area contributed by atoms with Gasteiger partial charge in [-0.25, -0.2) is 0 Å². The molecule has 0 spiro atoms. The Morgan fingerprint density at radius 3 is 2.07 bits per heavy atom. The molecule has 0 nitrogen and oxygen atoms in total. The second-order valence-electron chi connectivity index (χ2n) is 6.82. The summed E-state index contributed by atoms with van der Waals surface area (Å²) in [5.41, 5.74) is 0.509. The summed E-state index contributed by atoms with van der Waals surface area (Å²) in [4.78, 5) is 7.62. The first kappa shape index (κ1) is 12.6. The first-order valence-corrected chi connectivity index (χ1v) is 15.9. The zero-order valence-electron chi connectivity index (χ0n) is 10.8. The zero-order chi connectivity index (χ0) is 11.0. The summed E-state index contributed by atoms with van der Waals surface area (Å²) in [7, 11) is 0. The molecular formula is C13H26Sn. The van der Waals surface area contributed by atoms with Crippen LogP contribution in [0.25, 0.3) is 0 Å². The van der Waals surface area contributed by atoms with Gasteiger partial charge < -0.3 is 0 Å². The third-order valence-electron chi connectivity index (χ3n) is 3.60. The Hall–Kier alpha value is 0.539. The van der Waals surface area contributed by atoms with Crippen LogP contribution >= 0.6 is 0 Å². The van der Waals surface area contributed by atoms with E-state index in [1.54, 1.807) is 0 Å². The summed E-state index contributed by atoms with van der Waals surface area (Å²) in [6.45, 7) is 7.16. The van der Waals surface area contributed by atoms with Crippen molar-refractivity contribution in [2.45, 2.75) is 54.9 Å². The van der Waals surface area contributed by atoms with Crippen LogP contribution < -0.4 is 0 Å².